The first-order valence-corrected chi connectivity index (χ1v) is 4.19. The summed E-state index contributed by atoms with van der Waals surface area (Å²) in [6.07, 6.45) is -5.02. The highest BCUT2D eigenvalue weighted by molar-refractivity contribution is 5.22. The van der Waals surface area contributed by atoms with E-state index in [1.165, 1.54) is 12.3 Å². The minimum Gasteiger partial charge on any atom is -0.464 e. The van der Waals surface area contributed by atoms with Gasteiger partial charge in [0.15, 0.2) is 6.10 Å². The third-order valence-electron chi connectivity index (χ3n) is 1.73. The topological polar surface area (TPSA) is 61.0 Å². The second kappa shape index (κ2) is 4.43. The second-order valence-electron chi connectivity index (χ2n) is 2.87. The van der Waals surface area contributed by atoms with Crippen molar-refractivity contribution in [3.05, 3.63) is 17.8 Å². The van der Waals surface area contributed by atoms with Gasteiger partial charge in [0, 0.05) is 12.1 Å². The standard InChI is InChI=1S/C8H10F3N3O/c1-5(8(9,10)11)15-7-6(4-12)2-3-13-14-7/h2-3,5H,4,12H2,1H3. The van der Waals surface area contributed by atoms with Gasteiger partial charge in [0.2, 0.25) is 5.88 Å². The number of alkyl halides is 3. The number of halogens is 3. The lowest BCUT2D eigenvalue weighted by Gasteiger charge is -2.17. The molecule has 0 saturated carbocycles. The van der Waals surface area contributed by atoms with Crippen LogP contribution < -0.4 is 10.5 Å². The van der Waals surface area contributed by atoms with Crippen LogP contribution in [0.25, 0.3) is 0 Å². The Kier molecular flexibility index (Phi) is 3.46. The van der Waals surface area contributed by atoms with Gasteiger partial charge in [0.1, 0.15) is 0 Å². The molecule has 0 aliphatic heterocycles. The molecule has 1 aromatic rings. The average Bonchev–Trinajstić information content (AvgIpc) is 2.17. The van der Waals surface area contributed by atoms with Gasteiger partial charge < -0.3 is 10.5 Å². The molecule has 2 N–H and O–H groups in total. The molecular weight excluding hydrogens is 211 g/mol. The first-order valence-electron chi connectivity index (χ1n) is 4.19. The summed E-state index contributed by atoms with van der Waals surface area (Å²) in [5, 5.41) is 6.88. The summed E-state index contributed by atoms with van der Waals surface area (Å²) in [4.78, 5) is 0. The summed E-state index contributed by atoms with van der Waals surface area (Å²) in [5.74, 6) is -0.176. The highest BCUT2D eigenvalue weighted by Gasteiger charge is 2.38. The summed E-state index contributed by atoms with van der Waals surface area (Å²) >= 11 is 0. The maximum absolute atomic E-state index is 12.2. The summed E-state index contributed by atoms with van der Waals surface area (Å²) in [6, 6.07) is 1.46. The summed E-state index contributed by atoms with van der Waals surface area (Å²) in [5.41, 5.74) is 5.70. The Morgan fingerprint density at radius 2 is 2.20 bits per heavy atom. The van der Waals surface area contributed by atoms with Gasteiger partial charge in [-0.25, -0.2) is 0 Å². The van der Waals surface area contributed by atoms with Crippen LogP contribution in [0.2, 0.25) is 0 Å². The monoisotopic (exact) mass is 221 g/mol. The van der Waals surface area contributed by atoms with Gasteiger partial charge >= 0.3 is 6.18 Å². The van der Waals surface area contributed by atoms with Crippen molar-refractivity contribution in [2.45, 2.75) is 25.7 Å². The van der Waals surface area contributed by atoms with Crippen molar-refractivity contribution in [2.24, 2.45) is 5.73 Å². The Bertz CT molecular complexity index is 329. The van der Waals surface area contributed by atoms with Gasteiger partial charge in [-0.15, -0.1) is 5.10 Å². The number of rotatable bonds is 3. The maximum atomic E-state index is 12.2. The largest absolute Gasteiger partial charge is 0.464 e. The zero-order valence-electron chi connectivity index (χ0n) is 7.95. The fourth-order valence-electron chi connectivity index (χ4n) is 0.833. The number of nitrogens with two attached hydrogens (primary N) is 1. The molecule has 0 saturated heterocycles. The molecule has 7 heteroatoms. The van der Waals surface area contributed by atoms with Crippen LogP contribution in [0.5, 0.6) is 5.88 Å². The van der Waals surface area contributed by atoms with E-state index in [1.807, 2.05) is 0 Å². The van der Waals surface area contributed by atoms with E-state index < -0.39 is 12.3 Å². The van der Waals surface area contributed by atoms with Crippen molar-refractivity contribution < 1.29 is 17.9 Å². The van der Waals surface area contributed by atoms with Crippen LogP contribution in [0.4, 0.5) is 13.2 Å². The van der Waals surface area contributed by atoms with E-state index in [0.717, 1.165) is 6.92 Å². The van der Waals surface area contributed by atoms with Crippen molar-refractivity contribution in [1.82, 2.24) is 10.2 Å². The molecule has 0 fully saturated rings. The Balaban J connectivity index is 2.80. The molecule has 4 nitrogen and oxygen atoms in total. The van der Waals surface area contributed by atoms with E-state index in [-0.39, 0.29) is 12.4 Å². The van der Waals surface area contributed by atoms with Gasteiger partial charge in [-0.2, -0.15) is 18.3 Å². The molecule has 0 radical (unpaired) electrons. The third kappa shape index (κ3) is 3.05. The van der Waals surface area contributed by atoms with E-state index in [4.69, 9.17) is 5.73 Å². The number of ether oxygens (including phenoxy) is 1. The predicted octanol–water partition coefficient (Wildman–Crippen LogP) is 1.26. The van der Waals surface area contributed by atoms with E-state index in [2.05, 4.69) is 14.9 Å². The first kappa shape index (κ1) is 11.7. The van der Waals surface area contributed by atoms with Crippen LogP contribution in [-0.4, -0.2) is 22.5 Å². The molecule has 1 unspecified atom stereocenters. The van der Waals surface area contributed by atoms with E-state index in [0.29, 0.717) is 5.56 Å². The Labute approximate surface area is 84.2 Å². The van der Waals surface area contributed by atoms with Gasteiger partial charge in [-0.3, -0.25) is 0 Å². The lowest BCUT2D eigenvalue weighted by molar-refractivity contribution is -0.190. The summed E-state index contributed by atoms with van der Waals surface area (Å²) in [6.45, 7) is 0.949. The number of hydrogen-bond acceptors (Lipinski definition) is 4. The average molecular weight is 221 g/mol. The highest BCUT2D eigenvalue weighted by Crippen LogP contribution is 2.24. The quantitative estimate of drug-likeness (QED) is 0.834. The molecule has 0 aliphatic rings. The number of nitrogens with zero attached hydrogens (tertiary/aromatic N) is 2. The third-order valence-corrected chi connectivity index (χ3v) is 1.73. The van der Waals surface area contributed by atoms with Crippen molar-refractivity contribution in [2.75, 3.05) is 0 Å². The van der Waals surface area contributed by atoms with Crippen molar-refractivity contribution in [3.63, 3.8) is 0 Å². The molecule has 1 atom stereocenters. The molecule has 1 heterocycles. The van der Waals surface area contributed by atoms with E-state index >= 15 is 0 Å². The van der Waals surface area contributed by atoms with Crippen molar-refractivity contribution in [3.8, 4) is 5.88 Å². The van der Waals surface area contributed by atoms with Gasteiger partial charge in [0.25, 0.3) is 0 Å². The number of aromatic nitrogens is 2. The zero-order chi connectivity index (χ0) is 11.5. The summed E-state index contributed by atoms with van der Waals surface area (Å²) < 4.78 is 41.1. The lowest BCUT2D eigenvalue weighted by Crippen LogP contribution is -2.32. The van der Waals surface area contributed by atoms with Gasteiger partial charge in [-0.1, -0.05) is 0 Å². The van der Waals surface area contributed by atoms with Crippen LogP contribution in [-0.2, 0) is 6.54 Å². The molecule has 0 amide bonds. The smallest absolute Gasteiger partial charge is 0.425 e. The SMILES string of the molecule is CC(Oc1nnccc1CN)C(F)(F)F. The lowest BCUT2D eigenvalue weighted by atomic mass is 10.3. The molecule has 0 aromatic carbocycles. The number of hydrogen-bond donors (Lipinski definition) is 1. The van der Waals surface area contributed by atoms with Crippen LogP contribution in [0, 0.1) is 0 Å². The molecule has 15 heavy (non-hydrogen) atoms. The van der Waals surface area contributed by atoms with Crippen LogP contribution >= 0.6 is 0 Å². The minimum atomic E-state index is -4.43. The molecule has 0 spiro atoms. The van der Waals surface area contributed by atoms with Crippen molar-refractivity contribution in [1.29, 1.82) is 0 Å². The molecule has 0 bridgehead atoms. The molecule has 1 aromatic heterocycles. The first-order chi connectivity index (χ1) is 6.95. The van der Waals surface area contributed by atoms with Crippen molar-refractivity contribution >= 4 is 0 Å². The molecule has 84 valence electrons. The fraction of sp³-hybridized carbons (Fsp3) is 0.500. The van der Waals surface area contributed by atoms with E-state index in [9.17, 15) is 13.2 Å². The Morgan fingerprint density at radius 1 is 1.53 bits per heavy atom. The molecule has 0 aliphatic carbocycles. The van der Waals surface area contributed by atoms with Crippen LogP contribution in [0.1, 0.15) is 12.5 Å². The molecular formula is C8H10F3N3O. The second-order valence-corrected chi connectivity index (χ2v) is 2.87. The van der Waals surface area contributed by atoms with Gasteiger partial charge in [0.05, 0.1) is 6.20 Å². The van der Waals surface area contributed by atoms with Crippen LogP contribution in [0.3, 0.4) is 0 Å². The Hall–Kier alpha value is -1.37. The Morgan fingerprint density at radius 3 is 2.73 bits per heavy atom. The zero-order valence-corrected chi connectivity index (χ0v) is 7.95. The fourth-order valence-corrected chi connectivity index (χ4v) is 0.833. The normalized spacial score (nSPS) is 13.7. The summed E-state index contributed by atoms with van der Waals surface area (Å²) in [7, 11) is 0. The predicted molar refractivity (Wildman–Crippen MR) is 46.1 cm³/mol. The maximum Gasteiger partial charge on any atom is 0.425 e. The minimum absolute atomic E-state index is 0.0510. The van der Waals surface area contributed by atoms with E-state index in [1.54, 1.807) is 0 Å². The highest BCUT2D eigenvalue weighted by atomic mass is 19.4. The van der Waals surface area contributed by atoms with Crippen LogP contribution in [0.15, 0.2) is 12.3 Å². The van der Waals surface area contributed by atoms with Gasteiger partial charge in [-0.05, 0) is 13.0 Å². The molecule has 1 rings (SSSR count).